The fraction of sp³-hybridized carbons (Fsp3) is 0.100. The number of hydrogen-bond acceptors (Lipinski definition) is 1. The van der Waals surface area contributed by atoms with Gasteiger partial charge in [0.05, 0.1) is 5.56 Å². The number of primary amides is 1. The predicted octanol–water partition coefficient (Wildman–Crippen LogP) is 2.20. The largest absolute Gasteiger partial charge is 0.416 e. The third-order valence-electron chi connectivity index (χ3n) is 1.69. The minimum Gasteiger partial charge on any atom is -0.366 e. The Hall–Kier alpha value is -1.78. The normalized spacial score (nSPS) is 11.9. The summed E-state index contributed by atoms with van der Waals surface area (Å²) in [5, 5.41) is 0. The molecule has 0 atom stereocenters. The Kier molecular flexibility index (Phi) is 3.14. The maximum absolute atomic E-state index is 12.4. The highest BCUT2D eigenvalue weighted by Crippen LogP contribution is 2.32. The lowest BCUT2D eigenvalue weighted by molar-refractivity contribution is -0.137. The van der Waals surface area contributed by atoms with Gasteiger partial charge in [-0.05, 0) is 17.7 Å². The number of hydrogen-bond donors (Lipinski definition) is 1. The quantitative estimate of drug-likeness (QED) is 0.755. The lowest BCUT2D eigenvalue weighted by Gasteiger charge is -2.09. The summed E-state index contributed by atoms with van der Waals surface area (Å²) in [6, 6.07) is 4.95. The topological polar surface area (TPSA) is 43.1 Å². The molecule has 15 heavy (non-hydrogen) atoms. The summed E-state index contributed by atoms with van der Waals surface area (Å²) < 4.78 is 37.3. The molecule has 0 aliphatic heterocycles. The summed E-state index contributed by atoms with van der Waals surface area (Å²) in [6.45, 7) is 0. The Morgan fingerprint density at radius 2 is 1.87 bits per heavy atom. The number of halogens is 3. The van der Waals surface area contributed by atoms with Gasteiger partial charge >= 0.3 is 6.18 Å². The van der Waals surface area contributed by atoms with Crippen LogP contribution in [0.15, 0.2) is 30.3 Å². The Bertz CT molecular complexity index is 396. The van der Waals surface area contributed by atoms with Gasteiger partial charge in [-0.2, -0.15) is 13.2 Å². The van der Waals surface area contributed by atoms with Gasteiger partial charge in [-0.1, -0.05) is 18.2 Å². The number of rotatable bonds is 2. The fourth-order valence-electron chi connectivity index (χ4n) is 1.07. The van der Waals surface area contributed by atoms with Gasteiger partial charge < -0.3 is 5.73 Å². The first-order valence-electron chi connectivity index (χ1n) is 4.05. The van der Waals surface area contributed by atoms with E-state index in [2.05, 4.69) is 0 Å². The first-order valence-corrected chi connectivity index (χ1v) is 4.05. The summed E-state index contributed by atoms with van der Waals surface area (Å²) in [5.74, 6) is -0.785. The molecule has 0 unspecified atom stereocenters. The van der Waals surface area contributed by atoms with Crippen molar-refractivity contribution in [3.05, 3.63) is 41.5 Å². The molecule has 2 N–H and O–H groups in total. The van der Waals surface area contributed by atoms with E-state index >= 15 is 0 Å². The van der Waals surface area contributed by atoms with E-state index in [0.717, 1.165) is 18.2 Å². The average molecular weight is 215 g/mol. The lowest BCUT2D eigenvalue weighted by atomic mass is 10.1. The molecular weight excluding hydrogens is 207 g/mol. The summed E-state index contributed by atoms with van der Waals surface area (Å²) in [4.78, 5) is 10.4. The van der Waals surface area contributed by atoms with E-state index < -0.39 is 17.6 Å². The molecule has 0 saturated carbocycles. The molecule has 0 radical (unpaired) electrons. The molecule has 0 saturated heterocycles. The second kappa shape index (κ2) is 4.16. The summed E-state index contributed by atoms with van der Waals surface area (Å²) in [5.41, 5.74) is 3.92. The molecule has 2 nitrogen and oxygen atoms in total. The van der Waals surface area contributed by atoms with Crippen LogP contribution < -0.4 is 5.73 Å². The molecule has 0 aliphatic rings. The van der Waals surface area contributed by atoms with Crippen molar-refractivity contribution in [3.8, 4) is 0 Å². The van der Waals surface area contributed by atoms with Crippen molar-refractivity contribution in [2.24, 2.45) is 5.73 Å². The van der Waals surface area contributed by atoms with Crippen molar-refractivity contribution in [1.82, 2.24) is 0 Å². The van der Waals surface area contributed by atoms with Crippen LogP contribution >= 0.6 is 0 Å². The van der Waals surface area contributed by atoms with Gasteiger partial charge in [0.15, 0.2) is 0 Å². The van der Waals surface area contributed by atoms with Gasteiger partial charge in [0.2, 0.25) is 5.91 Å². The number of alkyl halides is 3. The Labute approximate surface area is 84.2 Å². The number of benzene rings is 1. The third kappa shape index (κ3) is 3.12. The molecule has 5 heteroatoms. The summed E-state index contributed by atoms with van der Waals surface area (Å²) >= 11 is 0. The monoisotopic (exact) mass is 215 g/mol. The van der Waals surface area contributed by atoms with Gasteiger partial charge in [-0.15, -0.1) is 0 Å². The number of amides is 1. The maximum atomic E-state index is 12.4. The van der Waals surface area contributed by atoms with Crippen LogP contribution in [-0.4, -0.2) is 5.91 Å². The number of carbonyl (C=O) groups excluding carboxylic acids is 1. The first kappa shape index (κ1) is 11.3. The van der Waals surface area contributed by atoms with Crippen LogP contribution in [0.4, 0.5) is 13.2 Å². The fourth-order valence-corrected chi connectivity index (χ4v) is 1.07. The highest BCUT2D eigenvalue weighted by atomic mass is 19.4. The van der Waals surface area contributed by atoms with Crippen LogP contribution in [0.25, 0.3) is 6.08 Å². The van der Waals surface area contributed by atoms with E-state index in [1.54, 1.807) is 0 Å². The first-order chi connectivity index (χ1) is 6.91. The molecular formula is C10H8F3NO. The molecule has 0 heterocycles. The van der Waals surface area contributed by atoms with Gasteiger partial charge in [0.25, 0.3) is 0 Å². The van der Waals surface area contributed by atoms with Crippen molar-refractivity contribution in [3.63, 3.8) is 0 Å². The van der Waals surface area contributed by atoms with E-state index in [1.165, 1.54) is 18.2 Å². The molecule has 80 valence electrons. The lowest BCUT2D eigenvalue weighted by Crippen LogP contribution is -2.08. The molecule has 0 bridgehead atoms. The molecule has 0 fully saturated rings. The number of nitrogens with two attached hydrogens (primary N) is 1. The van der Waals surface area contributed by atoms with Crippen molar-refractivity contribution in [2.45, 2.75) is 6.18 Å². The van der Waals surface area contributed by atoms with Crippen molar-refractivity contribution in [2.75, 3.05) is 0 Å². The second-order valence-corrected chi connectivity index (χ2v) is 2.82. The van der Waals surface area contributed by atoms with E-state index in [-0.39, 0.29) is 5.56 Å². The highest BCUT2D eigenvalue weighted by Gasteiger charge is 2.32. The van der Waals surface area contributed by atoms with E-state index in [4.69, 9.17) is 5.73 Å². The van der Waals surface area contributed by atoms with E-state index in [1.807, 2.05) is 0 Å². The second-order valence-electron chi connectivity index (χ2n) is 2.82. The molecule has 1 amide bonds. The zero-order valence-corrected chi connectivity index (χ0v) is 7.58. The van der Waals surface area contributed by atoms with Gasteiger partial charge in [-0.3, -0.25) is 4.79 Å². The third-order valence-corrected chi connectivity index (χ3v) is 1.69. The van der Waals surface area contributed by atoms with Crippen molar-refractivity contribution >= 4 is 12.0 Å². The van der Waals surface area contributed by atoms with Gasteiger partial charge in [0, 0.05) is 6.08 Å². The van der Waals surface area contributed by atoms with Gasteiger partial charge in [0.1, 0.15) is 0 Å². The van der Waals surface area contributed by atoms with Gasteiger partial charge in [-0.25, -0.2) is 0 Å². The Morgan fingerprint density at radius 3 is 2.40 bits per heavy atom. The maximum Gasteiger partial charge on any atom is 0.416 e. The predicted molar refractivity (Wildman–Crippen MR) is 49.7 cm³/mol. The molecule has 1 aromatic rings. The van der Waals surface area contributed by atoms with Crippen molar-refractivity contribution < 1.29 is 18.0 Å². The smallest absolute Gasteiger partial charge is 0.366 e. The highest BCUT2D eigenvalue weighted by molar-refractivity contribution is 5.90. The van der Waals surface area contributed by atoms with Crippen molar-refractivity contribution in [1.29, 1.82) is 0 Å². The number of carbonyl (C=O) groups is 1. The Balaban J connectivity index is 3.13. The molecule has 0 aliphatic carbocycles. The van der Waals surface area contributed by atoms with Crippen LogP contribution in [0, 0.1) is 0 Å². The minimum absolute atomic E-state index is 0.0798. The molecule has 1 aromatic carbocycles. The minimum atomic E-state index is -4.43. The van der Waals surface area contributed by atoms with Crippen LogP contribution in [0.3, 0.4) is 0 Å². The zero-order chi connectivity index (χ0) is 11.5. The molecule has 0 aromatic heterocycles. The van der Waals surface area contributed by atoms with Crippen LogP contribution in [0.2, 0.25) is 0 Å². The van der Waals surface area contributed by atoms with E-state index in [0.29, 0.717) is 0 Å². The molecule has 0 spiro atoms. The summed E-state index contributed by atoms with van der Waals surface area (Å²) in [7, 11) is 0. The van der Waals surface area contributed by atoms with Crippen LogP contribution in [0.1, 0.15) is 11.1 Å². The van der Waals surface area contributed by atoms with Crippen LogP contribution in [0.5, 0.6) is 0 Å². The standard InChI is InChI=1S/C10H8F3NO/c11-10(12,13)8-4-2-1-3-7(8)5-6-9(14)15/h1-6H,(H2,14,15)/b6-5-. The zero-order valence-electron chi connectivity index (χ0n) is 7.58. The SMILES string of the molecule is NC(=O)/C=C\c1ccccc1C(F)(F)F. The molecule has 1 rings (SSSR count). The Morgan fingerprint density at radius 1 is 1.27 bits per heavy atom. The average Bonchev–Trinajstić information content (AvgIpc) is 2.13. The summed E-state index contributed by atoms with van der Waals surface area (Å²) in [6.07, 6.45) is -2.49. The van der Waals surface area contributed by atoms with E-state index in [9.17, 15) is 18.0 Å². The van der Waals surface area contributed by atoms with Crippen LogP contribution in [-0.2, 0) is 11.0 Å².